The molecule has 0 aliphatic heterocycles. The molecule has 5 nitrogen and oxygen atoms in total. The van der Waals surface area contributed by atoms with E-state index in [4.69, 9.17) is 5.73 Å². The molecule has 4 N–H and O–H groups in total. The molecule has 0 bridgehead atoms. The highest BCUT2D eigenvalue weighted by molar-refractivity contribution is 5.89. The zero-order valence-electron chi connectivity index (χ0n) is 12.0. The number of hydrogen-bond donors (Lipinski definition) is 3. The quantitative estimate of drug-likeness (QED) is 0.739. The van der Waals surface area contributed by atoms with Crippen molar-refractivity contribution in [2.24, 2.45) is 5.73 Å². The minimum Gasteiger partial charge on any atom is -0.480 e. The minimum atomic E-state index is -1.11. The number of nitrogens with one attached hydrogen (secondary N) is 1. The lowest BCUT2D eigenvalue weighted by molar-refractivity contribution is -0.147. The number of nitrogens with two attached hydrogens (primary N) is 1. The van der Waals surface area contributed by atoms with Gasteiger partial charge in [-0.1, -0.05) is 43.2 Å². The van der Waals surface area contributed by atoms with E-state index in [0.717, 1.165) is 18.4 Å². The maximum atomic E-state index is 12.1. The summed E-state index contributed by atoms with van der Waals surface area (Å²) in [5.74, 6) is -1.32. The van der Waals surface area contributed by atoms with Gasteiger partial charge >= 0.3 is 5.97 Å². The number of carbonyl (C=O) groups excluding carboxylic acids is 1. The SMILES string of the molecule is NC(CCc1ccccc1)C(=O)NC1(C(=O)O)CCCC1. The van der Waals surface area contributed by atoms with Crippen LogP contribution in [0.15, 0.2) is 30.3 Å². The Balaban J connectivity index is 1.89. The Labute approximate surface area is 124 Å². The highest BCUT2D eigenvalue weighted by Crippen LogP contribution is 2.30. The summed E-state index contributed by atoms with van der Waals surface area (Å²) in [6.07, 6.45) is 3.83. The first-order valence-electron chi connectivity index (χ1n) is 7.38. The maximum Gasteiger partial charge on any atom is 0.329 e. The summed E-state index contributed by atoms with van der Waals surface area (Å²) in [6.45, 7) is 0. The van der Waals surface area contributed by atoms with E-state index in [9.17, 15) is 14.7 Å². The first kappa shape index (κ1) is 15.5. The van der Waals surface area contributed by atoms with Gasteiger partial charge in [-0.2, -0.15) is 0 Å². The van der Waals surface area contributed by atoms with Crippen molar-refractivity contribution in [3.8, 4) is 0 Å². The molecule has 0 radical (unpaired) electrons. The predicted molar refractivity (Wildman–Crippen MR) is 79.7 cm³/mol. The van der Waals surface area contributed by atoms with Gasteiger partial charge in [0.05, 0.1) is 6.04 Å². The smallest absolute Gasteiger partial charge is 0.329 e. The second-order valence-corrected chi connectivity index (χ2v) is 5.71. The fourth-order valence-corrected chi connectivity index (χ4v) is 2.80. The molecule has 5 heteroatoms. The summed E-state index contributed by atoms with van der Waals surface area (Å²) in [4.78, 5) is 23.5. The summed E-state index contributed by atoms with van der Waals surface area (Å²) in [5.41, 5.74) is 5.91. The molecule has 1 saturated carbocycles. The largest absolute Gasteiger partial charge is 0.480 e. The normalized spacial score (nSPS) is 18.1. The van der Waals surface area contributed by atoms with Crippen LogP contribution in [0, 0.1) is 0 Å². The van der Waals surface area contributed by atoms with Gasteiger partial charge in [0.25, 0.3) is 0 Å². The van der Waals surface area contributed by atoms with Crippen molar-refractivity contribution in [2.75, 3.05) is 0 Å². The van der Waals surface area contributed by atoms with E-state index in [1.807, 2.05) is 30.3 Å². The number of aryl methyl sites for hydroxylation is 1. The third-order valence-electron chi connectivity index (χ3n) is 4.15. The molecule has 0 spiro atoms. The average molecular weight is 290 g/mol. The Hall–Kier alpha value is -1.88. The van der Waals surface area contributed by atoms with Gasteiger partial charge in [-0.25, -0.2) is 4.79 Å². The monoisotopic (exact) mass is 290 g/mol. The molecular weight excluding hydrogens is 268 g/mol. The zero-order valence-corrected chi connectivity index (χ0v) is 12.0. The number of carbonyl (C=O) groups is 2. The van der Waals surface area contributed by atoms with Gasteiger partial charge in [0.2, 0.25) is 5.91 Å². The van der Waals surface area contributed by atoms with E-state index >= 15 is 0 Å². The Bertz CT molecular complexity index is 496. The number of benzene rings is 1. The van der Waals surface area contributed by atoms with E-state index in [2.05, 4.69) is 5.32 Å². The van der Waals surface area contributed by atoms with Gasteiger partial charge in [-0.05, 0) is 31.2 Å². The fraction of sp³-hybridized carbons (Fsp3) is 0.500. The van der Waals surface area contributed by atoms with Gasteiger partial charge < -0.3 is 16.2 Å². The number of carboxylic acid groups (broad SMARTS) is 1. The first-order chi connectivity index (χ1) is 10.0. The predicted octanol–water partition coefficient (Wildman–Crippen LogP) is 1.46. The van der Waals surface area contributed by atoms with E-state index < -0.39 is 17.6 Å². The van der Waals surface area contributed by atoms with E-state index in [0.29, 0.717) is 25.7 Å². The van der Waals surface area contributed by atoms with Crippen LogP contribution in [0.1, 0.15) is 37.7 Å². The van der Waals surface area contributed by atoms with Crippen LogP contribution in [-0.2, 0) is 16.0 Å². The van der Waals surface area contributed by atoms with Crippen LogP contribution >= 0.6 is 0 Å². The molecular formula is C16H22N2O3. The maximum absolute atomic E-state index is 12.1. The zero-order chi connectivity index (χ0) is 15.3. The van der Waals surface area contributed by atoms with Crippen LogP contribution in [0.4, 0.5) is 0 Å². The van der Waals surface area contributed by atoms with Crippen LogP contribution in [-0.4, -0.2) is 28.6 Å². The van der Waals surface area contributed by atoms with Crippen molar-refractivity contribution < 1.29 is 14.7 Å². The van der Waals surface area contributed by atoms with E-state index in [1.54, 1.807) is 0 Å². The van der Waals surface area contributed by atoms with Crippen LogP contribution in [0.25, 0.3) is 0 Å². The molecule has 1 aromatic carbocycles. The molecule has 1 amide bonds. The minimum absolute atomic E-state index is 0.366. The van der Waals surface area contributed by atoms with Gasteiger partial charge in [-0.15, -0.1) is 0 Å². The van der Waals surface area contributed by atoms with Crippen molar-refractivity contribution in [2.45, 2.75) is 50.1 Å². The Kier molecular flexibility index (Phi) is 4.96. The molecule has 114 valence electrons. The van der Waals surface area contributed by atoms with Crippen LogP contribution < -0.4 is 11.1 Å². The summed E-state index contributed by atoms with van der Waals surface area (Å²) in [7, 11) is 0. The average Bonchev–Trinajstić information content (AvgIpc) is 2.95. The van der Waals surface area contributed by atoms with Gasteiger partial charge in [0.1, 0.15) is 5.54 Å². The Morgan fingerprint density at radius 2 is 1.86 bits per heavy atom. The molecule has 1 aliphatic carbocycles. The summed E-state index contributed by atoms with van der Waals surface area (Å²) in [5, 5.41) is 12.0. The third kappa shape index (κ3) is 3.82. The van der Waals surface area contributed by atoms with Crippen molar-refractivity contribution in [1.82, 2.24) is 5.32 Å². The number of rotatable bonds is 6. The lowest BCUT2D eigenvalue weighted by Crippen LogP contribution is -2.56. The van der Waals surface area contributed by atoms with Crippen LogP contribution in [0.5, 0.6) is 0 Å². The lowest BCUT2D eigenvalue weighted by atomic mass is 9.96. The summed E-state index contributed by atoms with van der Waals surface area (Å²) in [6, 6.07) is 9.12. The van der Waals surface area contributed by atoms with Gasteiger partial charge in [-0.3, -0.25) is 4.79 Å². The summed E-state index contributed by atoms with van der Waals surface area (Å²) < 4.78 is 0. The molecule has 1 fully saturated rings. The lowest BCUT2D eigenvalue weighted by Gasteiger charge is -2.27. The molecule has 1 aliphatic rings. The highest BCUT2D eigenvalue weighted by atomic mass is 16.4. The number of hydrogen-bond acceptors (Lipinski definition) is 3. The molecule has 21 heavy (non-hydrogen) atoms. The van der Waals surface area contributed by atoms with Crippen molar-refractivity contribution in [3.63, 3.8) is 0 Å². The molecule has 0 heterocycles. The Morgan fingerprint density at radius 3 is 2.43 bits per heavy atom. The fourth-order valence-electron chi connectivity index (χ4n) is 2.80. The topological polar surface area (TPSA) is 92.4 Å². The molecule has 2 rings (SSSR count). The Morgan fingerprint density at radius 1 is 1.24 bits per heavy atom. The molecule has 1 unspecified atom stereocenters. The van der Waals surface area contributed by atoms with Crippen molar-refractivity contribution >= 4 is 11.9 Å². The molecule has 1 atom stereocenters. The second-order valence-electron chi connectivity index (χ2n) is 5.71. The number of aliphatic carboxylic acids is 1. The van der Waals surface area contributed by atoms with E-state index in [1.165, 1.54) is 0 Å². The summed E-state index contributed by atoms with van der Waals surface area (Å²) >= 11 is 0. The number of carboxylic acids is 1. The molecule has 1 aromatic rings. The first-order valence-corrected chi connectivity index (χ1v) is 7.38. The standard InChI is InChI=1S/C16H22N2O3/c17-13(9-8-12-6-2-1-3-7-12)14(19)18-16(15(20)21)10-4-5-11-16/h1-3,6-7,13H,4-5,8-11,17H2,(H,18,19)(H,20,21). The van der Waals surface area contributed by atoms with Crippen LogP contribution in [0.2, 0.25) is 0 Å². The third-order valence-corrected chi connectivity index (χ3v) is 4.15. The highest BCUT2D eigenvalue weighted by Gasteiger charge is 2.43. The van der Waals surface area contributed by atoms with Gasteiger partial charge in [0, 0.05) is 0 Å². The van der Waals surface area contributed by atoms with E-state index in [-0.39, 0.29) is 5.91 Å². The van der Waals surface area contributed by atoms with Crippen molar-refractivity contribution in [1.29, 1.82) is 0 Å². The van der Waals surface area contributed by atoms with Crippen molar-refractivity contribution in [3.05, 3.63) is 35.9 Å². The van der Waals surface area contributed by atoms with Gasteiger partial charge in [0.15, 0.2) is 0 Å². The van der Waals surface area contributed by atoms with Crippen LogP contribution in [0.3, 0.4) is 0 Å². The molecule has 0 saturated heterocycles. The number of amides is 1. The second kappa shape index (κ2) is 6.72. The molecule has 0 aromatic heterocycles.